The van der Waals surface area contributed by atoms with Crippen molar-refractivity contribution in [1.82, 2.24) is 25.1 Å². The number of carbonyl (C=O) groups is 1. The van der Waals surface area contributed by atoms with E-state index >= 15 is 0 Å². The number of aromatic nitrogens is 4. The summed E-state index contributed by atoms with van der Waals surface area (Å²) in [5.74, 6) is -1.06. The number of hydrogen-bond acceptors (Lipinski definition) is 3. The number of aryl methyl sites for hydroxylation is 1. The van der Waals surface area contributed by atoms with Crippen LogP contribution in [0.2, 0.25) is 0 Å². The highest BCUT2D eigenvalue weighted by Gasteiger charge is 2.21. The van der Waals surface area contributed by atoms with E-state index < -0.39 is 11.6 Å². The fourth-order valence-electron chi connectivity index (χ4n) is 2.59. The molecule has 3 aromatic rings. The van der Waals surface area contributed by atoms with Gasteiger partial charge < -0.3 is 10.3 Å². The zero-order valence-corrected chi connectivity index (χ0v) is 13.8. The van der Waals surface area contributed by atoms with E-state index in [0.29, 0.717) is 12.2 Å². The number of H-pyrrole nitrogens is 1. The van der Waals surface area contributed by atoms with E-state index in [-0.39, 0.29) is 23.0 Å². The molecule has 2 aromatic heterocycles. The third-order valence-electron chi connectivity index (χ3n) is 3.92. The number of imidazole rings is 1. The van der Waals surface area contributed by atoms with Crippen LogP contribution in [0.3, 0.4) is 0 Å². The van der Waals surface area contributed by atoms with E-state index in [1.54, 1.807) is 19.4 Å². The van der Waals surface area contributed by atoms with Crippen molar-refractivity contribution in [3.05, 3.63) is 59.8 Å². The van der Waals surface area contributed by atoms with E-state index in [1.807, 2.05) is 6.92 Å². The summed E-state index contributed by atoms with van der Waals surface area (Å²) in [5, 5.41) is 6.82. The van der Waals surface area contributed by atoms with Gasteiger partial charge in [0.1, 0.15) is 17.5 Å². The lowest BCUT2D eigenvalue weighted by atomic mass is 10.1. The van der Waals surface area contributed by atoms with E-state index in [9.17, 15) is 13.6 Å². The maximum absolute atomic E-state index is 14.1. The lowest BCUT2D eigenvalue weighted by Crippen LogP contribution is -2.28. The summed E-state index contributed by atoms with van der Waals surface area (Å²) >= 11 is 0. The van der Waals surface area contributed by atoms with Crippen LogP contribution in [0.5, 0.6) is 0 Å². The molecular formula is C17H17F2N5O. The monoisotopic (exact) mass is 345 g/mol. The molecule has 0 aliphatic rings. The Labute approximate surface area is 142 Å². The fourth-order valence-corrected chi connectivity index (χ4v) is 2.59. The summed E-state index contributed by atoms with van der Waals surface area (Å²) in [5.41, 5.74) is 0.630. The van der Waals surface area contributed by atoms with Gasteiger partial charge in [-0.15, -0.1) is 0 Å². The van der Waals surface area contributed by atoms with Gasteiger partial charge in [-0.3, -0.25) is 9.48 Å². The van der Waals surface area contributed by atoms with Crippen molar-refractivity contribution < 1.29 is 13.6 Å². The van der Waals surface area contributed by atoms with Gasteiger partial charge in [-0.05, 0) is 12.1 Å². The number of halogens is 2. The summed E-state index contributed by atoms with van der Waals surface area (Å²) < 4.78 is 28.6. The van der Waals surface area contributed by atoms with Crippen molar-refractivity contribution >= 4 is 5.91 Å². The molecule has 0 fully saturated rings. The zero-order chi connectivity index (χ0) is 18.0. The van der Waals surface area contributed by atoms with Gasteiger partial charge in [0.15, 0.2) is 0 Å². The average molecular weight is 345 g/mol. The Morgan fingerprint density at radius 3 is 2.88 bits per heavy atom. The topological polar surface area (TPSA) is 75.6 Å². The van der Waals surface area contributed by atoms with Gasteiger partial charge in [0.2, 0.25) is 0 Å². The molecule has 2 heterocycles. The van der Waals surface area contributed by atoms with Crippen molar-refractivity contribution in [2.24, 2.45) is 7.05 Å². The summed E-state index contributed by atoms with van der Waals surface area (Å²) in [6.45, 7) is 2.27. The molecule has 0 bridgehead atoms. The third-order valence-corrected chi connectivity index (χ3v) is 3.92. The Hall–Kier alpha value is -3.03. The second kappa shape index (κ2) is 6.84. The molecule has 1 amide bonds. The van der Waals surface area contributed by atoms with Crippen LogP contribution in [0, 0.1) is 11.6 Å². The summed E-state index contributed by atoms with van der Waals surface area (Å²) in [7, 11) is 1.60. The molecule has 8 heteroatoms. The molecule has 25 heavy (non-hydrogen) atoms. The highest BCUT2D eigenvalue weighted by molar-refractivity contribution is 6.00. The number of carbonyl (C=O) groups excluding carboxylic acids is 1. The molecule has 2 N–H and O–H groups in total. The van der Waals surface area contributed by atoms with Crippen molar-refractivity contribution in [2.75, 3.05) is 6.54 Å². The van der Waals surface area contributed by atoms with Crippen LogP contribution in [0.4, 0.5) is 8.78 Å². The normalized spacial score (nSPS) is 12.2. The highest BCUT2D eigenvalue weighted by Crippen LogP contribution is 2.26. The zero-order valence-electron chi connectivity index (χ0n) is 13.8. The van der Waals surface area contributed by atoms with E-state index in [4.69, 9.17) is 0 Å². The molecule has 0 spiro atoms. The maximum Gasteiger partial charge on any atom is 0.255 e. The number of hydrogen-bond donors (Lipinski definition) is 2. The van der Waals surface area contributed by atoms with Crippen LogP contribution < -0.4 is 5.32 Å². The van der Waals surface area contributed by atoms with Gasteiger partial charge in [-0.1, -0.05) is 6.92 Å². The number of benzene rings is 1. The number of nitrogens with zero attached hydrogens (tertiary/aromatic N) is 3. The predicted molar refractivity (Wildman–Crippen MR) is 87.9 cm³/mol. The molecule has 1 unspecified atom stereocenters. The highest BCUT2D eigenvalue weighted by atomic mass is 19.1. The molecule has 1 atom stereocenters. The van der Waals surface area contributed by atoms with Crippen LogP contribution in [-0.4, -0.2) is 32.2 Å². The standard InChI is InChI=1S/C17H17F2N5O/c1-10(16-20-5-6-21-16)8-22-17(25)13-9-23-24(2)15(13)12-4-3-11(18)7-14(12)19/h3-7,9-10H,8H2,1-2H3,(H,20,21)(H,22,25). The smallest absolute Gasteiger partial charge is 0.255 e. The number of amides is 1. The molecule has 0 radical (unpaired) electrons. The average Bonchev–Trinajstić information content (AvgIpc) is 3.23. The van der Waals surface area contributed by atoms with Gasteiger partial charge in [0, 0.05) is 43.5 Å². The van der Waals surface area contributed by atoms with Crippen molar-refractivity contribution in [2.45, 2.75) is 12.8 Å². The van der Waals surface area contributed by atoms with Crippen molar-refractivity contribution in [3.8, 4) is 11.3 Å². The van der Waals surface area contributed by atoms with Gasteiger partial charge in [0.25, 0.3) is 5.91 Å². The van der Waals surface area contributed by atoms with E-state index in [0.717, 1.165) is 18.0 Å². The first-order chi connectivity index (χ1) is 12.0. The largest absolute Gasteiger partial charge is 0.351 e. The molecule has 0 aliphatic heterocycles. The molecule has 6 nitrogen and oxygen atoms in total. The van der Waals surface area contributed by atoms with Crippen molar-refractivity contribution in [3.63, 3.8) is 0 Å². The Bertz CT molecular complexity index is 889. The Morgan fingerprint density at radius 2 is 2.20 bits per heavy atom. The lowest BCUT2D eigenvalue weighted by Gasteiger charge is -2.11. The van der Waals surface area contributed by atoms with Crippen LogP contribution in [0.15, 0.2) is 36.8 Å². The maximum atomic E-state index is 14.1. The van der Waals surface area contributed by atoms with Crippen molar-refractivity contribution in [1.29, 1.82) is 0 Å². The first-order valence-electron chi connectivity index (χ1n) is 7.72. The second-order valence-electron chi connectivity index (χ2n) is 5.74. The van der Waals surface area contributed by atoms with Crippen LogP contribution >= 0.6 is 0 Å². The first kappa shape index (κ1) is 16.8. The Morgan fingerprint density at radius 1 is 1.40 bits per heavy atom. The summed E-state index contributed by atoms with van der Waals surface area (Å²) in [4.78, 5) is 19.7. The fraction of sp³-hybridized carbons (Fsp3) is 0.235. The summed E-state index contributed by atoms with van der Waals surface area (Å²) in [6, 6.07) is 3.22. The second-order valence-corrected chi connectivity index (χ2v) is 5.74. The molecular weight excluding hydrogens is 328 g/mol. The van der Waals surface area contributed by atoms with E-state index in [1.165, 1.54) is 16.9 Å². The number of nitrogens with one attached hydrogen (secondary N) is 2. The SMILES string of the molecule is CC(CNC(=O)c1cnn(C)c1-c1ccc(F)cc1F)c1ncc[nH]1. The van der Waals surface area contributed by atoms with Gasteiger partial charge in [-0.25, -0.2) is 13.8 Å². The van der Waals surface area contributed by atoms with Crippen LogP contribution in [0.1, 0.15) is 29.0 Å². The van der Waals surface area contributed by atoms with E-state index in [2.05, 4.69) is 20.4 Å². The molecule has 0 saturated heterocycles. The van der Waals surface area contributed by atoms with Crippen LogP contribution in [-0.2, 0) is 7.05 Å². The summed E-state index contributed by atoms with van der Waals surface area (Å²) in [6.07, 6.45) is 4.72. The molecule has 1 aromatic carbocycles. The lowest BCUT2D eigenvalue weighted by molar-refractivity contribution is 0.0952. The van der Waals surface area contributed by atoms with Gasteiger partial charge in [0.05, 0.1) is 17.5 Å². The molecule has 130 valence electrons. The third kappa shape index (κ3) is 3.42. The molecule has 0 aliphatic carbocycles. The van der Waals surface area contributed by atoms with Gasteiger partial charge in [-0.2, -0.15) is 5.10 Å². The minimum absolute atomic E-state index is 0.0124. The molecule has 3 rings (SSSR count). The Kier molecular flexibility index (Phi) is 4.60. The van der Waals surface area contributed by atoms with Gasteiger partial charge >= 0.3 is 0 Å². The first-order valence-corrected chi connectivity index (χ1v) is 7.72. The van der Waals surface area contributed by atoms with Crippen LogP contribution in [0.25, 0.3) is 11.3 Å². The quantitative estimate of drug-likeness (QED) is 0.746. The number of aromatic amines is 1. The molecule has 0 saturated carbocycles. The minimum Gasteiger partial charge on any atom is -0.351 e. The minimum atomic E-state index is -0.749. The Balaban J connectivity index is 1.82. The predicted octanol–water partition coefficient (Wildman–Crippen LogP) is 2.62. The number of rotatable bonds is 5.